The largest absolute Gasteiger partial charge is 0.321 e. The van der Waals surface area contributed by atoms with Crippen LogP contribution >= 0.6 is 35.0 Å². The van der Waals surface area contributed by atoms with Crippen LogP contribution in [0.1, 0.15) is 16.8 Å². The molecule has 174 valence electrons. The molecule has 0 amide bonds. The van der Waals surface area contributed by atoms with Crippen LogP contribution in [-0.4, -0.2) is 15.0 Å². The number of aryl methyl sites for hydroxylation is 1. The molecule has 0 aliphatic rings. The first-order chi connectivity index (χ1) is 16.9. The number of nitrogens with one attached hydrogen (secondary N) is 2. The van der Waals surface area contributed by atoms with Crippen molar-refractivity contribution in [1.82, 2.24) is 15.0 Å². The SMILES string of the molecule is Cc1nc(Sc2c(-c3ccccc3Cl)c3cc(Cl)ccc3[nH]c2=O)[nH]c(=O)c1Cc1ccccc1. The maximum Gasteiger partial charge on any atom is 0.263 e. The molecule has 2 aromatic heterocycles. The predicted octanol–water partition coefficient (Wildman–Crippen LogP) is 6.64. The van der Waals surface area contributed by atoms with Crippen LogP contribution in [0.3, 0.4) is 0 Å². The summed E-state index contributed by atoms with van der Waals surface area (Å²) >= 11 is 13.9. The second-order valence-electron chi connectivity index (χ2n) is 8.03. The minimum absolute atomic E-state index is 0.233. The van der Waals surface area contributed by atoms with Gasteiger partial charge in [-0.2, -0.15) is 0 Å². The fourth-order valence-corrected chi connectivity index (χ4v) is 5.40. The molecule has 2 heterocycles. The number of aromatic nitrogens is 3. The third-order valence-electron chi connectivity index (χ3n) is 5.70. The molecule has 5 aromatic rings. The summed E-state index contributed by atoms with van der Waals surface area (Å²) in [5.74, 6) is 0. The highest BCUT2D eigenvalue weighted by Crippen LogP contribution is 2.40. The summed E-state index contributed by atoms with van der Waals surface area (Å²) in [6.07, 6.45) is 0.472. The zero-order chi connectivity index (χ0) is 24.5. The smallest absolute Gasteiger partial charge is 0.263 e. The summed E-state index contributed by atoms with van der Waals surface area (Å²) in [5.41, 5.74) is 3.63. The van der Waals surface area contributed by atoms with E-state index in [1.807, 2.05) is 48.5 Å². The summed E-state index contributed by atoms with van der Waals surface area (Å²) in [4.78, 5) is 37.0. The van der Waals surface area contributed by atoms with Crippen molar-refractivity contribution >= 4 is 45.9 Å². The lowest BCUT2D eigenvalue weighted by Gasteiger charge is -2.14. The van der Waals surface area contributed by atoms with E-state index in [0.29, 0.717) is 54.4 Å². The average Bonchev–Trinajstić information content (AvgIpc) is 2.84. The van der Waals surface area contributed by atoms with E-state index in [-0.39, 0.29) is 11.1 Å². The van der Waals surface area contributed by atoms with Gasteiger partial charge in [0.2, 0.25) is 0 Å². The van der Waals surface area contributed by atoms with Crippen molar-refractivity contribution < 1.29 is 0 Å². The van der Waals surface area contributed by atoms with Gasteiger partial charge in [0, 0.05) is 49.8 Å². The van der Waals surface area contributed by atoms with Gasteiger partial charge < -0.3 is 9.97 Å². The van der Waals surface area contributed by atoms with Gasteiger partial charge in [-0.25, -0.2) is 4.98 Å². The van der Waals surface area contributed by atoms with E-state index in [1.165, 1.54) is 0 Å². The minimum Gasteiger partial charge on any atom is -0.321 e. The van der Waals surface area contributed by atoms with E-state index in [9.17, 15) is 9.59 Å². The number of benzene rings is 3. The van der Waals surface area contributed by atoms with Crippen LogP contribution in [0, 0.1) is 6.92 Å². The molecule has 0 fully saturated rings. The highest BCUT2D eigenvalue weighted by Gasteiger charge is 2.20. The summed E-state index contributed by atoms with van der Waals surface area (Å²) in [6, 6.07) is 22.3. The maximum atomic E-state index is 13.2. The van der Waals surface area contributed by atoms with E-state index in [4.69, 9.17) is 23.2 Å². The second-order valence-corrected chi connectivity index (χ2v) is 9.87. The highest BCUT2D eigenvalue weighted by molar-refractivity contribution is 7.99. The Morgan fingerprint density at radius 3 is 2.37 bits per heavy atom. The first kappa shape index (κ1) is 23.4. The van der Waals surface area contributed by atoms with Crippen LogP contribution in [0.25, 0.3) is 22.0 Å². The van der Waals surface area contributed by atoms with E-state index < -0.39 is 0 Å². The van der Waals surface area contributed by atoms with E-state index in [1.54, 1.807) is 31.2 Å². The Balaban J connectivity index is 1.65. The summed E-state index contributed by atoms with van der Waals surface area (Å²) in [5, 5.41) is 2.09. The van der Waals surface area contributed by atoms with Crippen LogP contribution in [0.15, 0.2) is 92.4 Å². The summed E-state index contributed by atoms with van der Waals surface area (Å²) < 4.78 is 0. The lowest BCUT2D eigenvalue weighted by molar-refractivity contribution is 0.866. The van der Waals surface area contributed by atoms with E-state index >= 15 is 0 Å². The minimum atomic E-state index is -0.312. The molecule has 0 unspecified atom stereocenters. The molecule has 3 aromatic carbocycles. The van der Waals surface area contributed by atoms with Gasteiger partial charge >= 0.3 is 0 Å². The molecule has 0 bridgehead atoms. The van der Waals surface area contributed by atoms with Crippen molar-refractivity contribution in [1.29, 1.82) is 0 Å². The lowest BCUT2D eigenvalue weighted by Crippen LogP contribution is -2.18. The van der Waals surface area contributed by atoms with Crippen molar-refractivity contribution in [2.24, 2.45) is 0 Å². The lowest BCUT2D eigenvalue weighted by atomic mass is 10.0. The zero-order valence-electron chi connectivity index (χ0n) is 18.6. The Hall–Kier alpha value is -3.32. The van der Waals surface area contributed by atoms with Crippen LogP contribution in [-0.2, 0) is 6.42 Å². The van der Waals surface area contributed by atoms with Crippen molar-refractivity contribution in [2.45, 2.75) is 23.4 Å². The van der Waals surface area contributed by atoms with Crippen molar-refractivity contribution in [2.75, 3.05) is 0 Å². The summed E-state index contributed by atoms with van der Waals surface area (Å²) in [7, 11) is 0. The fraction of sp³-hybridized carbons (Fsp3) is 0.0741. The maximum absolute atomic E-state index is 13.2. The van der Waals surface area contributed by atoms with Crippen molar-refractivity contribution in [3.05, 3.63) is 120 Å². The van der Waals surface area contributed by atoms with Gasteiger partial charge in [-0.05, 0) is 48.5 Å². The Labute approximate surface area is 215 Å². The Bertz CT molecular complexity index is 1680. The van der Waals surface area contributed by atoms with Crippen LogP contribution in [0.4, 0.5) is 0 Å². The van der Waals surface area contributed by atoms with Gasteiger partial charge in [0.25, 0.3) is 11.1 Å². The standard InChI is InChI=1S/C27H19Cl2N3O2S/c1-15-19(13-16-7-3-2-4-8-16)25(33)32-27(30-15)35-24-23(18-9-5-6-10-21(18)29)20-14-17(28)11-12-22(20)31-26(24)34/h2-12,14H,13H2,1H3,(H,31,34)(H,30,32,33). The Morgan fingerprint density at radius 1 is 0.886 bits per heavy atom. The molecule has 0 aliphatic heterocycles. The third-order valence-corrected chi connectivity index (χ3v) is 7.24. The topological polar surface area (TPSA) is 78.6 Å². The third kappa shape index (κ3) is 4.78. The van der Waals surface area contributed by atoms with Gasteiger partial charge in [-0.3, -0.25) is 9.59 Å². The first-order valence-corrected chi connectivity index (χ1v) is 12.4. The highest BCUT2D eigenvalue weighted by atomic mass is 35.5. The number of fused-ring (bicyclic) bond motifs is 1. The van der Waals surface area contributed by atoms with Gasteiger partial charge in [0.1, 0.15) is 0 Å². The number of halogens is 2. The van der Waals surface area contributed by atoms with Crippen molar-refractivity contribution in [3.8, 4) is 11.1 Å². The number of hydrogen-bond acceptors (Lipinski definition) is 4. The average molecular weight is 520 g/mol. The van der Waals surface area contributed by atoms with Gasteiger partial charge in [-0.15, -0.1) is 0 Å². The molecule has 5 rings (SSSR count). The number of H-pyrrole nitrogens is 2. The molecule has 0 spiro atoms. The number of pyridine rings is 1. The number of nitrogens with zero attached hydrogens (tertiary/aromatic N) is 1. The number of hydrogen-bond donors (Lipinski definition) is 2. The fourth-order valence-electron chi connectivity index (χ4n) is 4.01. The molecule has 8 heteroatoms. The predicted molar refractivity (Wildman–Crippen MR) is 143 cm³/mol. The molecular weight excluding hydrogens is 501 g/mol. The Kier molecular flexibility index (Phi) is 6.52. The summed E-state index contributed by atoms with van der Waals surface area (Å²) in [6.45, 7) is 1.80. The molecule has 5 nitrogen and oxygen atoms in total. The molecule has 0 aliphatic carbocycles. The van der Waals surface area contributed by atoms with Gasteiger partial charge in [0.05, 0.1) is 4.90 Å². The zero-order valence-corrected chi connectivity index (χ0v) is 20.9. The first-order valence-electron chi connectivity index (χ1n) is 10.8. The second kappa shape index (κ2) is 9.74. The monoisotopic (exact) mass is 519 g/mol. The molecule has 35 heavy (non-hydrogen) atoms. The molecule has 0 atom stereocenters. The molecular formula is C27H19Cl2N3O2S. The van der Waals surface area contributed by atoms with Gasteiger partial charge in [-0.1, -0.05) is 71.7 Å². The van der Waals surface area contributed by atoms with E-state index in [0.717, 1.165) is 22.7 Å². The van der Waals surface area contributed by atoms with E-state index in [2.05, 4.69) is 15.0 Å². The number of aromatic amines is 2. The molecule has 0 saturated heterocycles. The number of rotatable bonds is 5. The Morgan fingerprint density at radius 2 is 1.63 bits per heavy atom. The quantitative estimate of drug-likeness (QED) is 0.255. The van der Waals surface area contributed by atoms with Crippen LogP contribution in [0.2, 0.25) is 10.0 Å². The normalized spacial score (nSPS) is 11.2. The van der Waals surface area contributed by atoms with Crippen LogP contribution < -0.4 is 11.1 Å². The van der Waals surface area contributed by atoms with Gasteiger partial charge in [0.15, 0.2) is 5.16 Å². The molecule has 2 N–H and O–H groups in total. The van der Waals surface area contributed by atoms with Crippen LogP contribution in [0.5, 0.6) is 0 Å². The van der Waals surface area contributed by atoms with Crippen molar-refractivity contribution in [3.63, 3.8) is 0 Å². The molecule has 0 radical (unpaired) electrons. The molecule has 0 saturated carbocycles.